The van der Waals surface area contributed by atoms with Crippen molar-refractivity contribution in [3.63, 3.8) is 0 Å². The fraction of sp³-hybridized carbons (Fsp3) is 1.00. The minimum atomic E-state index is 0.477. The van der Waals surface area contributed by atoms with Crippen molar-refractivity contribution in [3.8, 4) is 0 Å². The normalized spacial score (nSPS) is 25.0. The van der Waals surface area contributed by atoms with Crippen LogP contribution in [0.4, 0.5) is 0 Å². The van der Waals surface area contributed by atoms with Crippen molar-refractivity contribution < 1.29 is 0 Å². The van der Waals surface area contributed by atoms with Gasteiger partial charge in [0.2, 0.25) is 0 Å². The van der Waals surface area contributed by atoms with Crippen LogP contribution in [0, 0.1) is 5.41 Å². The molecule has 0 bridgehead atoms. The minimum absolute atomic E-state index is 0.477. The highest BCUT2D eigenvalue weighted by atomic mass is 15.2. The molecule has 74 valence electrons. The molecule has 1 nitrogen and oxygen atoms in total. The molecule has 0 aromatic heterocycles. The predicted molar refractivity (Wildman–Crippen MR) is 56.5 cm³/mol. The third-order valence-corrected chi connectivity index (χ3v) is 2.52. The second kappa shape index (κ2) is 4.86. The van der Waals surface area contributed by atoms with Crippen molar-refractivity contribution in [1.82, 2.24) is 4.90 Å². The molecule has 1 heterocycles. The van der Waals surface area contributed by atoms with Gasteiger partial charge >= 0.3 is 0 Å². The Morgan fingerprint density at radius 3 is 1.83 bits per heavy atom. The summed E-state index contributed by atoms with van der Waals surface area (Å²) in [4.78, 5) is 2.49. The Balaban J connectivity index is 0.000000561. The molecule has 0 aromatic rings. The lowest BCUT2D eigenvalue weighted by Crippen LogP contribution is -2.36. The molecule has 0 aromatic carbocycles. The van der Waals surface area contributed by atoms with E-state index in [-0.39, 0.29) is 0 Å². The van der Waals surface area contributed by atoms with Gasteiger partial charge in [-0.25, -0.2) is 0 Å². The average molecular weight is 171 g/mol. The Labute approximate surface area is 78.1 Å². The molecule has 1 saturated heterocycles. The molecule has 1 rings (SSSR count). The summed E-state index contributed by atoms with van der Waals surface area (Å²) in [7, 11) is 2.24. The number of hydrogen-bond donors (Lipinski definition) is 0. The molecule has 0 spiro atoms. The van der Waals surface area contributed by atoms with E-state index in [0.717, 1.165) is 6.04 Å². The molecule has 0 saturated carbocycles. The van der Waals surface area contributed by atoms with Crippen LogP contribution in [0.25, 0.3) is 0 Å². The number of rotatable bonds is 0. The highest BCUT2D eigenvalue weighted by molar-refractivity contribution is 4.85. The average Bonchev–Trinajstić information content (AvgIpc) is 2.38. The fourth-order valence-electron chi connectivity index (χ4n) is 2.00. The van der Waals surface area contributed by atoms with Crippen LogP contribution in [0.15, 0.2) is 0 Å². The summed E-state index contributed by atoms with van der Waals surface area (Å²) in [5.74, 6) is 0. The van der Waals surface area contributed by atoms with Crippen molar-refractivity contribution in [2.45, 2.75) is 53.5 Å². The van der Waals surface area contributed by atoms with Crippen LogP contribution < -0.4 is 0 Å². The Kier molecular flexibility index (Phi) is 4.84. The van der Waals surface area contributed by atoms with Crippen molar-refractivity contribution in [2.75, 3.05) is 13.6 Å². The lowest BCUT2D eigenvalue weighted by atomic mass is 9.85. The zero-order chi connectivity index (χ0) is 9.78. The third kappa shape index (κ3) is 3.14. The van der Waals surface area contributed by atoms with Gasteiger partial charge in [0.1, 0.15) is 0 Å². The fourth-order valence-corrected chi connectivity index (χ4v) is 2.00. The lowest BCUT2D eigenvalue weighted by molar-refractivity contribution is 0.169. The molecule has 0 radical (unpaired) electrons. The van der Waals surface area contributed by atoms with Gasteiger partial charge in [-0.3, -0.25) is 0 Å². The van der Waals surface area contributed by atoms with Crippen molar-refractivity contribution >= 4 is 0 Å². The van der Waals surface area contributed by atoms with Crippen LogP contribution in [-0.2, 0) is 0 Å². The number of nitrogens with zero attached hydrogens (tertiary/aromatic N) is 1. The van der Waals surface area contributed by atoms with E-state index in [1.54, 1.807) is 0 Å². The van der Waals surface area contributed by atoms with Crippen LogP contribution in [0.5, 0.6) is 0 Å². The highest BCUT2D eigenvalue weighted by Crippen LogP contribution is 2.30. The summed E-state index contributed by atoms with van der Waals surface area (Å²) in [5.41, 5.74) is 0.477. The summed E-state index contributed by atoms with van der Waals surface area (Å²) < 4.78 is 0. The van der Waals surface area contributed by atoms with Gasteiger partial charge in [0, 0.05) is 6.04 Å². The van der Waals surface area contributed by atoms with E-state index in [2.05, 4.69) is 32.7 Å². The molecule has 1 heteroatoms. The molecular formula is C11H25N. The van der Waals surface area contributed by atoms with Crippen LogP contribution in [0.2, 0.25) is 0 Å². The molecule has 1 atom stereocenters. The minimum Gasteiger partial charge on any atom is -0.303 e. The quantitative estimate of drug-likeness (QED) is 0.541. The summed E-state index contributed by atoms with van der Waals surface area (Å²) in [6.07, 6.45) is 2.78. The number of likely N-dealkylation sites (tertiary alicyclic amines) is 1. The highest BCUT2D eigenvalue weighted by Gasteiger charge is 2.31. The van der Waals surface area contributed by atoms with Gasteiger partial charge in [-0.2, -0.15) is 0 Å². The lowest BCUT2D eigenvalue weighted by Gasteiger charge is -2.32. The van der Waals surface area contributed by atoms with Crippen LogP contribution in [-0.4, -0.2) is 24.5 Å². The molecule has 12 heavy (non-hydrogen) atoms. The Morgan fingerprint density at radius 1 is 1.17 bits per heavy atom. The Morgan fingerprint density at radius 2 is 1.67 bits per heavy atom. The Hall–Kier alpha value is -0.0400. The van der Waals surface area contributed by atoms with Gasteiger partial charge in [-0.1, -0.05) is 34.6 Å². The maximum Gasteiger partial charge on any atom is 0.0141 e. The monoisotopic (exact) mass is 171 g/mol. The Bertz CT molecular complexity index is 113. The second-order valence-electron chi connectivity index (χ2n) is 4.50. The first kappa shape index (κ1) is 12.0. The van der Waals surface area contributed by atoms with Gasteiger partial charge in [0.25, 0.3) is 0 Å². The summed E-state index contributed by atoms with van der Waals surface area (Å²) in [6.45, 7) is 12.3. The van der Waals surface area contributed by atoms with Crippen LogP contribution in [0.1, 0.15) is 47.5 Å². The first-order chi connectivity index (χ1) is 5.52. The smallest absolute Gasteiger partial charge is 0.0141 e. The maximum absolute atomic E-state index is 2.49. The molecule has 1 fully saturated rings. The third-order valence-electron chi connectivity index (χ3n) is 2.52. The zero-order valence-corrected chi connectivity index (χ0v) is 9.65. The molecule has 0 unspecified atom stereocenters. The molecule has 0 amide bonds. The SMILES string of the molecule is CC.CN1CCC[C@H]1C(C)(C)C. The summed E-state index contributed by atoms with van der Waals surface area (Å²) in [5, 5.41) is 0. The molecule has 0 N–H and O–H groups in total. The topological polar surface area (TPSA) is 3.24 Å². The van der Waals surface area contributed by atoms with E-state index in [0.29, 0.717) is 5.41 Å². The first-order valence-corrected chi connectivity index (χ1v) is 5.22. The van der Waals surface area contributed by atoms with E-state index >= 15 is 0 Å². The van der Waals surface area contributed by atoms with Gasteiger partial charge < -0.3 is 4.90 Å². The van der Waals surface area contributed by atoms with Gasteiger partial charge in [0.05, 0.1) is 0 Å². The zero-order valence-electron chi connectivity index (χ0n) is 9.65. The van der Waals surface area contributed by atoms with E-state index < -0.39 is 0 Å². The van der Waals surface area contributed by atoms with Crippen LogP contribution >= 0.6 is 0 Å². The van der Waals surface area contributed by atoms with Gasteiger partial charge in [-0.15, -0.1) is 0 Å². The molecular weight excluding hydrogens is 146 g/mol. The molecule has 0 aliphatic carbocycles. The van der Waals surface area contributed by atoms with E-state index in [1.165, 1.54) is 19.4 Å². The molecule has 1 aliphatic rings. The second-order valence-corrected chi connectivity index (χ2v) is 4.50. The maximum atomic E-state index is 2.49. The van der Waals surface area contributed by atoms with E-state index in [4.69, 9.17) is 0 Å². The largest absolute Gasteiger partial charge is 0.303 e. The standard InChI is InChI=1S/C9H19N.C2H6/c1-9(2,3)8-6-5-7-10(8)4;1-2/h8H,5-7H2,1-4H3;1-2H3/t8-;/m0./s1. The van der Waals surface area contributed by atoms with Gasteiger partial charge in [0.15, 0.2) is 0 Å². The van der Waals surface area contributed by atoms with Crippen molar-refractivity contribution in [3.05, 3.63) is 0 Å². The van der Waals surface area contributed by atoms with Crippen molar-refractivity contribution in [1.29, 1.82) is 0 Å². The summed E-state index contributed by atoms with van der Waals surface area (Å²) >= 11 is 0. The molecule has 1 aliphatic heterocycles. The predicted octanol–water partition coefficient (Wildman–Crippen LogP) is 3.15. The first-order valence-electron chi connectivity index (χ1n) is 5.22. The van der Waals surface area contributed by atoms with E-state index in [1.807, 2.05) is 13.8 Å². The van der Waals surface area contributed by atoms with Gasteiger partial charge in [-0.05, 0) is 31.8 Å². The summed E-state index contributed by atoms with van der Waals surface area (Å²) in [6, 6.07) is 0.812. The van der Waals surface area contributed by atoms with E-state index in [9.17, 15) is 0 Å². The van der Waals surface area contributed by atoms with Crippen LogP contribution in [0.3, 0.4) is 0 Å². The van der Waals surface area contributed by atoms with Crippen molar-refractivity contribution in [2.24, 2.45) is 5.41 Å². The number of hydrogen-bond acceptors (Lipinski definition) is 1.